The highest BCUT2D eigenvalue weighted by atomic mass is 79.9. The van der Waals surface area contributed by atoms with Gasteiger partial charge in [0.2, 0.25) is 0 Å². The van der Waals surface area contributed by atoms with Gasteiger partial charge in [0.25, 0.3) is 0 Å². The Morgan fingerprint density at radius 1 is 1.40 bits per heavy atom. The first-order chi connectivity index (χ1) is 9.39. The molecule has 4 rings (SSSR count). The van der Waals surface area contributed by atoms with E-state index >= 15 is 0 Å². The summed E-state index contributed by atoms with van der Waals surface area (Å²) in [5, 5.41) is 9.46. The van der Waals surface area contributed by atoms with Crippen LogP contribution in [0.4, 0.5) is 0 Å². The zero-order valence-electron chi connectivity index (χ0n) is 11.7. The second kappa shape index (κ2) is 4.66. The van der Waals surface area contributed by atoms with Gasteiger partial charge in [0.05, 0.1) is 25.2 Å². The van der Waals surface area contributed by atoms with Gasteiger partial charge in [-0.15, -0.1) is 0 Å². The lowest BCUT2D eigenvalue weighted by molar-refractivity contribution is -0.264. The van der Waals surface area contributed by atoms with Crippen molar-refractivity contribution >= 4 is 21.7 Å². The number of rotatable bonds is 1. The molecule has 0 amide bonds. The molecule has 0 spiro atoms. The number of hydrogen-bond donors (Lipinski definition) is 0. The molecule has 0 aromatic carbocycles. The van der Waals surface area contributed by atoms with E-state index in [1.54, 1.807) is 0 Å². The maximum absolute atomic E-state index is 12.6. The molecule has 3 atom stereocenters. The molecule has 1 saturated heterocycles. The third kappa shape index (κ3) is 1.97. The molecule has 2 fully saturated rings. The van der Waals surface area contributed by atoms with Crippen LogP contribution in [0.1, 0.15) is 26.7 Å². The van der Waals surface area contributed by atoms with Gasteiger partial charge in [-0.2, -0.15) is 5.26 Å². The van der Waals surface area contributed by atoms with E-state index in [-0.39, 0.29) is 23.0 Å². The van der Waals surface area contributed by atoms with E-state index in [0.717, 1.165) is 4.48 Å². The fourth-order valence-electron chi connectivity index (χ4n) is 3.39. The van der Waals surface area contributed by atoms with E-state index in [1.165, 1.54) is 0 Å². The Labute approximate surface area is 127 Å². The van der Waals surface area contributed by atoms with E-state index in [9.17, 15) is 10.1 Å². The van der Waals surface area contributed by atoms with E-state index in [0.29, 0.717) is 26.1 Å². The largest absolute Gasteiger partial charge is 0.351 e. The third-order valence-electron chi connectivity index (χ3n) is 4.58. The first kappa shape index (κ1) is 14.2. The minimum atomic E-state index is -0.932. The summed E-state index contributed by atoms with van der Waals surface area (Å²) < 4.78 is 12.7. The van der Waals surface area contributed by atoms with Gasteiger partial charge < -0.3 is 9.47 Å². The summed E-state index contributed by atoms with van der Waals surface area (Å²) in [6.45, 7) is 5.21. The molecule has 1 aliphatic heterocycles. The zero-order chi connectivity index (χ0) is 14.5. The standard InChI is InChI=1S/C15H18BrNO3/c1-14(2)7-19-13(20-8-14)15-5-11(16)9(4-12(15)18)3-10(15)6-17/h5,9-10,13H,3-4,7-8H2,1-2H3/t9-,10-,15+/m0/s1. The molecule has 0 radical (unpaired) electrons. The highest BCUT2D eigenvalue weighted by Crippen LogP contribution is 2.55. The number of hydrogen-bond acceptors (Lipinski definition) is 4. The quantitative estimate of drug-likeness (QED) is 0.736. The van der Waals surface area contributed by atoms with Gasteiger partial charge in [0.15, 0.2) is 6.29 Å². The average Bonchev–Trinajstić information content (AvgIpc) is 2.39. The van der Waals surface area contributed by atoms with Crippen LogP contribution in [0.5, 0.6) is 0 Å². The molecule has 0 aromatic heterocycles. The summed E-state index contributed by atoms with van der Waals surface area (Å²) in [5.41, 5.74) is -0.982. The van der Waals surface area contributed by atoms with Crippen molar-refractivity contribution in [3.8, 4) is 6.07 Å². The summed E-state index contributed by atoms with van der Waals surface area (Å²) >= 11 is 3.54. The molecule has 20 heavy (non-hydrogen) atoms. The molecular formula is C15H18BrNO3. The minimum Gasteiger partial charge on any atom is -0.351 e. The summed E-state index contributed by atoms with van der Waals surface area (Å²) in [6, 6.07) is 2.30. The highest BCUT2D eigenvalue weighted by molar-refractivity contribution is 9.11. The van der Waals surface area contributed by atoms with Crippen molar-refractivity contribution in [1.29, 1.82) is 5.26 Å². The van der Waals surface area contributed by atoms with Crippen LogP contribution in [0.15, 0.2) is 10.6 Å². The molecule has 0 unspecified atom stereocenters. The van der Waals surface area contributed by atoms with Crippen molar-refractivity contribution in [2.75, 3.05) is 13.2 Å². The fraction of sp³-hybridized carbons (Fsp3) is 0.733. The number of Topliss-reactive ketones (excluding diaryl/α,β-unsaturated/α-hetero) is 1. The molecular weight excluding hydrogens is 322 g/mol. The second-order valence-corrected chi connectivity index (χ2v) is 7.74. The molecule has 2 bridgehead atoms. The highest BCUT2D eigenvalue weighted by Gasteiger charge is 2.59. The van der Waals surface area contributed by atoms with Gasteiger partial charge >= 0.3 is 0 Å². The summed E-state index contributed by atoms with van der Waals surface area (Å²) in [5.74, 6) is -0.136. The van der Waals surface area contributed by atoms with Crippen LogP contribution in [-0.4, -0.2) is 25.3 Å². The molecule has 4 nitrogen and oxygen atoms in total. The number of ketones is 1. The predicted molar refractivity (Wildman–Crippen MR) is 75.8 cm³/mol. The lowest BCUT2D eigenvalue weighted by Gasteiger charge is -2.50. The first-order valence-corrected chi connectivity index (χ1v) is 7.73. The first-order valence-electron chi connectivity index (χ1n) is 6.93. The maximum Gasteiger partial charge on any atom is 0.174 e. The summed E-state index contributed by atoms with van der Waals surface area (Å²) in [7, 11) is 0. The number of ether oxygens (including phenoxy) is 2. The Kier molecular flexibility index (Phi) is 3.32. The van der Waals surface area contributed by atoms with Crippen LogP contribution >= 0.6 is 15.9 Å². The van der Waals surface area contributed by atoms with Gasteiger partial charge in [-0.3, -0.25) is 4.79 Å². The fourth-order valence-corrected chi connectivity index (χ4v) is 4.11. The monoisotopic (exact) mass is 339 g/mol. The molecule has 4 aliphatic rings. The van der Waals surface area contributed by atoms with Gasteiger partial charge in [-0.1, -0.05) is 35.9 Å². The maximum atomic E-state index is 12.6. The van der Waals surface area contributed by atoms with Gasteiger partial charge in [-0.25, -0.2) is 0 Å². The van der Waals surface area contributed by atoms with Crippen molar-refractivity contribution < 1.29 is 14.3 Å². The summed E-state index contributed by atoms with van der Waals surface area (Å²) in [6.07, 6.45) is 2.42. The predicted octanol–water partition coefficient (Wildman–Crippen LogP) is 2.78. The topological polar surface area (TPSA) is 59.3 Å². The normalized spacial score (nSPS) is 40.3. The van der Waals surface area contributed by atoms with Crippen molar-refractivity contribution in [3.05, 3.63) is 10.6 Å². The Hall–Kier alpha value is -0.700. The molecule has 5 heteroatoms. The van der Waals surface area contributed by atoms with Crippen molar-refractivity contribution in [1.82, 2.24) is 0 Å². The average molecular weight is 340 g/mol. The number of allylic oxidation sites excluding steroid dienone is 1. The molecule has 0 aromatic rings. The molecule has 1 heterocycles. The van der Waals surface area contributed by atoms with Crippen molar-refractivity contribution in [2.24, 2.45) is 22.7 Å². The Morgan fingerprint density at radius 2 is 2.05 bits per heavy atom. The second-order valence-electron chi connectivity index (χ2n) is 6.82. The third-order valence-corrected chi connectivity index (χ3v) is 5.45. The van der Waals surface area contributed by atoms with E-state index < -0.39 is 11.7 Å². The van der Waals surface area contributed by atoms with E-state index in [2.05, 4.69) is 35.8 Å². The number of nitriles is 1. The molecule has 0 N–H and O–H groups in total. The lowest BCUT2D eigenvalue weighted by atomic mass is 9.58. The van der Waals surface area contributed by atoms with Crippen LogP contribution in [0, 0.1) is 34.0 Å². The van der Waals surface area contributed by atoms with Crippen molar-refractivity contribution in [3.63, 3.8) is 0 Å². The van der Waals surface area contributed by atoms with Gasteiger partial charge in [0.1, 0.15) is 11.2 Å². The Balaban J connectivity index is 1.97. The van der Waals surface area contributed by atoms with Crippen LogP contribution in [-0.2, 0) is 14.3 Å². The van der Waals surface area contributed by atoms with Crippen LogP contribution in [0.2, 0.25) is 0 Å². The van der Waals surface area contributed by atoms with Crippen LogP contribution < -0.4 is 0 Å². The van der Waals surface area contributed by atoms with Gasteiger partial charge in [0, 0.05) is 11.8 Å². The Morgan fingerprint density at radius 3 is 2.65 bits per heavy atom. The number of fused-ring (bicyclic) bond motifs is 2. The van der Waals surface area contributed by atoms with Crippen LogP contribution in [0.3, 0.4) is 0 Å². The zero-order valence-corrected chi connectivity index (χ0v) is 13.3. The van der Waals surface area contributed by atoms with Crippen molar-refractivity contribution in [2.45, 2.75) is 33.0 Å². The smallest absolute Gasteiger partial charge is 0.174 e. The number of halogens is 1. The summed E-state index contributed by atoms with van der Waals surface area (Å²) in [4.78, 5) is 12.6. The SMILES string of the molecule is CC1(C)COC([C@@]23C=C(Br)[C@H](CC2=O)C[C@H]3C#N)OC1. The number of carbonyl (C=O) groups excluding carboxylic acids is 1. The Bertz CT molecular complexity index is 512. The molecule has 108 valence electrons. The molecule has 3 aliphatic carbocycles. The number of nitrogens with zero attached hydrogens (tertiary/aromatic N) is 1. The lowest BCUT2D eigenvalue weighted by Crippen LogP contribution is -2.58. The van der Waals surface area contributed by atoms with E-state index in [1.807, 2.05) is 6.08 Å². The minimum absolute atomic E-state index is 0.0505. The van der Waals surface area contributed by atoms with Gasteiger partial charge in [-0.05, 0) is 16.8 Å². The number of carbonyl (C=O) groups is 1. The van der Waals surface area contributed by atoms with E-state index in [4.69, 9.17) is 9.47 Å². The van der Waals surface area contributed by atoms with Crippen LogP contribution in [0.25, 0.3) is 0 Å². The molecule has 1 saturated carbocycles.